The summed E-state index contributed by atoms with van der Waals surface area (Å²) >= 11 is 0. The summed E-state index contributed by atoms with van der Waals surface area (Å²) in [6.45, 7) is 6.71. The molecule has 4 nitrogen and oxygen atoms in total. The number of aliphatic hydroxyl groups excluding tert-OH is 1. The first-order valence-corrected chi connectivity index (χ1v) is 9.17. The fourth-order valence-corrected chi connectivity index (χ4v) is 3.22. The molecule has 1 unspecified atom stereocenters. The molecule has 0 saturated carbocycles. The normalized spacial score (nSPS) is 17.3. The molecule has 1 heterocycles. The van der Waals surface area contributed by atoms with Crippen LogP contribution in [0.4, 0.5) is 0 Å². The molecular weight excluding hydrogens is 312 g/mol. The van der Waals surface area contributed by atoms with E-state index >= 15 is 0 Å². The molecule has 1 fully saturated rings. The van der Waals surface area contributed by atoms with Gasteiger partial charge in [0.15, 0.2) is 0 Å². The lowest BCUT2D eigenvalue weighted by Gasteiger charge is -2.35. The third-order valence-corrected chi connectivity index (χ3v) is 4.71. The number of benzene rings is 2. The minimum absolute atomic E-state index is 0.396. The van der Waals surface area contributed by atoms with Crippen LogP contribution >= 0.6 is 0 Å². The molecular formula is C21H28N2O2. The third kappa shape index (κ3) is 5.85. The average molecular weight is 340 g/mol. The maximum atomic E-state index is 10.3. The van der Waals surface area contributed by atoms with Crippen molar-refractivity contribution in [3.8, 4) is 5.75 Å². The number of rotatable bonds is 8. The second-order valence-corrected chi connectivity index (χ2v) is 6.58. The Balaban J connectivity index is 1.31. The number of piperazine rings is 1. The molecule has 0 aromatic heterocycles. The highest BCUT2D eigenvalue weighted by Gasteiger charge is 2.19. The van der Waals surface area contributed by atoms with Crippen LogP contribution in [0.2, 0.25) is 0 Å². The fourth-order valence-electron chi connectivity index (χ4n) is 3.22. The van der Waals surface area contributed by atoms with Gasteiger partial charge in [-0.15, -0.1) is 0 Å². The third-order valence-electron chi connectivity index (χ3n) is 4.71. The van der Waals surface area contributed by atoms with Crippen molar-refractivity contribution in [1.82, 2.24) is 9.80 Å². The Morgan fingerprint density at radius 3 is 2.12 bits per heavy atom. The molecule has 1 aliphatic heterocycles. The maximum absolute atomic E-state index is 10.3. The first-order chi connectivity index (χ1) is 12.3. The number of ether oxygens (including phenoxy) is 1. The van der Waals surface area contributed by atoms with Crippen LogP contribution in [0.25, 0.3) is 0 Å². The molecule has 1 aliphatic rings. The molecule has 4 heteroatoms. The number of aliphatic hydroxyl groups is 1. The lowest BCUT2D eigenvalue weighted by atomic mass is 10.1. The summed E-state index contributed by atoms with van der Waals surface area (Å²) in [5.74, 6) is 0.946. The zero-order valence-electron chi connectivity index (χ0n) is 14.8. The van der Waals surface area contributed by atoms with E-state index in [9.17, 15) is 5.11 Å². The Kier molecular flexibility index (Phi) is 6.86. The number of para-hydroxylation sites is 1. The van der Waals surface area contributed by atoms with E-state index in [1.807, 2.05) is 60.7 Å². The largest absolute Gasteiger partial charge is 0.494 e. The topological polar surface area (TPSA) is 35.9 Å². The van der Waals surface area contributed by atoms with Crippen molar-refractivity contribution in [3.63, 3.8) is 0 Å². The Morgan fingerprint density at radius 1 is 0.840 bits per heavy atom. The van der Waals surface area contributed by atoms with E-state index in [2.05, 4.69) is 9.80 Å². The van der Waals surface area contributed by atoms with Crippen molar-refractivity contribution in [2.45, 2.75) is 12.5 Å². The monoisotopic (exact) mass is 340 g/mol. The van der Waals surface area contributed by atoms with Crippen molar-refractivity contribution in [2.75, 3.05) is 45.9 Å². The van der Waals surface area contributed by atoms with E-state index in [-0.39, 0.29) is 0 Å². The minimum atomic E-state index is -0.396. The SMILES string of the molecule is OC(CN1CCN(CCCOc2ccccc2)CC1)c1ccccc1. The van der Waals surface area contributed by atoms with Gasteiger partial charge in [-0.1, -0.05) is 48.5 Å². The maximum Gasteiger partial charge on any atom is 0.119 e. The summed E-state index contributed by atoms with van der Waals surface area (Å²) in [4.78, 5) is 4.84. The van der Waals surface area contributed by atoms with E-state index in [1.54, 1.807) is 0 Å². The smallest absolute Gasteiger partial charge is 0.119 e. The summed E-state index contributed by atoms with van der Waals surface area (Å²) in [5, 5.41) is 10.3. The Labute approximate surface area is 150 Å². The van der Waals surface area contributed by atoms with Crippen LogP contribution < -0.4 is 4.74 Å². The molecule has 1 N–H and O–H groups in total. The van der Waals surface area contributed by atoms with Gasteiger partial charge in [0.1, 0.15) is 5.75 Å². The van der Waals surface area contributed by atoms with Crippen LogP contribution in [0.1, 0.15) is 18.1 Å². The Morgan fingerprint density at radius 2 is 1.44 bits per heavy atom. The van der Waals surface area contributed by atoms with Crippen LogP contribution in [0.15, 0.2) is 60.7 Å². The van der Waals surface area contributed by atoms with Gasteiger partial charge in [-0.05, 0) is 24.1 Å². The number of hydrogen-bond acceptors (Lipinski definition) is 4. The lowest BCUT2D eigenvalue weighted by Crippen LogP contribution is -2.47. The molecule has 2 aromatic carbocycles. The molecule has 1 atom stereocenters. The van der Waals surface area contributed by atoms with Crippen molar-refractivity contribution in [3.05, 3.63) is 66.2 Å². The molecule has 134 valence electrons. The summed E-state index contributed by atoms with van der Waals surface area (Å²) in [6.07, 6.45) is 0.647. The van der Waals surface area contributed by atoms with Gasteiger partial charge in [-0.25, -0.2) is 0 Å². The van der Waals surface area contributed by atoms with Crippen molar-refractivity contribution < 1.29 is 9.84 Å². The van der Waals surface area contributed by atoms with Crippen LogP contribution in [-0.4, -0.2) is 60.8 Å². The predicted octanol–water partition coefficient (Wildman–Crippen LogP) is 2.81. The molecule has 0 bridgehead atoms. The minimum Gasteiger partial charge on any atom is -0.494 e. The van der Waals surface area contributed by atoms with Crippen LogP contribution in [0.3, 0.4) is 0 Å². The van der Waals surface area contributed by atoms with Gasteiger partial charge in [0.25, 0.3) is 0 Å². The molecule has 0 amide bonds. The number of hydrogen-bond donors (Lipinski definition) is 1. The highest BCUT2D eigenvalue weighted by atomic mass is 16.5. The number of β-amino-alcohol motifs (C(OH)–C–C–N with tert-alkyl or cyclic N) is 1. The van der Waals surface area contributed by atoms with Gasteiger partial charge in [0.05, 0.1) is 12.7 Å². The Hall–Kier alpha value is -1.88. The molecule has 3 rings (SSSR count). The zero-order chi connectivity index (χ0) is 17.3. The molecule has 0 radical (unpaired) electrons. The van der Waals surface area contributed by atoms with Crippen LogP contribution in [-0.2, 0) is 0 Å². The highest BCUT2D eigenvalue weighted by Crippen LogP contribution is 2.15. The van der Waals surface area contributed by atoms with Crippen molar-refractivity contribution in [2.24, 2.45) is 0 Å². The van der Waals surface area contributed by atoms with E-state index in [4.69, 9.17) is 4.74 Å². The van der Waals surface area contributed by atoms with Gasteiger partial charge < -0.3 is 14.7 Å². The van der Waals surface area contributed by atoms with Crippen molar-refractivity contribution in [1.29, 1.82) is 0 Å². The molecule has 0 spiro atoms. The predicted molar refractivity (Wildman–Crippen MR) is 101 cm³/mol. The summed E-state index contributed by atoms with van der Waals surface area (Å²) < 4.78 is 5.75. The Bertz CT molecular complexity index is 598. The second kappa shape index (κ2) is 9.56. The summed E-state index contributed by atoms with van der Waals surface area (Å²) in [7, 11) is 0. The highest BCUT2D eigenvalue weighted by molar-refractivity contribution is 5.20. The average Bonchev–Trinajstić information content (AvgIpc) is 2.68. The molecule has 0 aliphatic carbocycles. The quantitative estimate of drug-likeness (QED) is 0.750. The fraction of sp³-hybridized carbons (Fsp3) is 0.429. The summed E-state index contributed by atoms with van der Waals surface area (Å²) in [5.41, 5.74) is 1.00. The zero-order valence-corrected chi connectivity index (χ0v) is 14.8. The second-order valence-electron chi connectivity index (χ2n) is 6.58. The van der Waals surface area contributed by atoms with Gasteiger partial charge in [0.2, 0.25) is 0 Å². The van der Waals surface area contributed by atoms with Gasteiger partial charge in [-0.3, -0.25) is 4.90 Å². The summed E-state index contributed by atoms with van der Waals surface area (Å²) in [6, 6.07) is 19.9. The molecule has 1 saturated heterocycles. The van der Waals surface area contributed by atoms with Crippen molar-refractivity contribution >= 4 is 0 Å². The van der Waals surface area contributed by atoms with Gasteiger partial charge in [-0.2, -0.15) is 0 Å². The lowest BCUT2D eigenvalue weighted by molar-refractivity contribution is 0.0708. The van der Waals surface area contributed by atoms with Gasteiger partial charge in [0, 0.05) is 39.3 Å². The van der Waals surface area contributed by atoms with E-state index in [0.717, 1.165) is 63.6 Å². The van der Waals surface area contributed by atoms with Crippen LogP contribution in [0.5, 0.6) is 5.75 Å². The van der Waals surface area contributed by atoms with Crippen LogP contribution in [0, 0.1) is 0 Å². The first kappa shape index (κ1) is 17.9. The van der Waals surface area contributed by atoms with E-state index < -0.39 is 6.10 Å². The number of nitrogens with zero attached hydrogens (tertiary/aromatic N) is 2. The van der Waals surface area contributed by atoms with Gasteiger partial charge >= 0.3 is 0 Å². The molecule has 2 aromatic rings. The van der Waals surface area contributed by atoms with E-state index in [0.29, 0.717) is 0 Å². The van der Waals surface area contributed by atoms with E-state index in [1.165, 1.54) is 0 Å². The molecule has 25 heavy (non-hydrogen) atoms. The first-order valence-electron chi connectivity index (χ1n) is 9.17. The standard InChI is InChI=1S/C21H28N2O2/c24-21(19-8-3-1-4-9-19)18-23-15-13-22(14-16-23)12-7-17-25-20-10-5-2-6-11-20/h1-6,8-11,21,24H,7,12-18H2.